The van der Waals surface area contributed by atoms with Crippen LogP contribution in [0.15, 0.2) is 0 Å². The largest absolute Gasteiger partial charge is 0.418 e. The van der Waals surface area contributed by atoms with Gasteiger partial charge >= 0.3 is 16.4 Å². The third-order valence-electron chi connectivity index (χ3n) is 3.32. The van der Waals surface area contributed by atoms with Crippen molar-refractivity contribution in [2.24, 2.45) is 5.73 Å². The van der Waals surface area contributed by atoms with Crippen LogP contribution in [0, 0.1) is 0 Å². The van der Waals surface area contributed by atoms with Crippen LogP contribution in [0.2, 0.25) is 0 Å². The van der Waals surface area contributed by atoms with Crippen molar-refractivity contribution in [3.05, 3.63) is 0 Å². The molecule has 11 nitrogen and oxygen atoms in total. The SMILES string of the molecule is C[C@H](N)CONC(=O)[C@@H]1CC[C@@H]2CN1C(=O)N2OS(=O)(=O)O. The Kier molecular flexibility index (Phi) is 4.87. The van der Waals surface area contributed by atoms with Gasteiger partial charge in [0.2, 0.25) is 0 Å². The van der Waals surface area contributed by atoms with E-state index in [2.05, 4.69) is 9.76 Å². The fourth-order valence-electron chi connectivity index (χ4n) is 2.42. The molecule has 4 N–H and O–H groups in total. The predicted octanol–water partition coefficient (Wildman–Crippen LogP) is -1.62. The number of amides is 3. The molecule has 3 amide bonds. The first-order chi connectivity index (χ1) is 10.2. The highest BCUT2D eigenvalue weighted by molar-refractivity contribution is 7.80. The molecule has 0 aromatic rings. The zero-order valence-electron chi connectivity index (χ0n) is 11.8. The van der Waals surface area contributed by atoms with E-state index in [-0.39, 0.29) is 19.2 Å². The standard InChI is InChI=1S/C10H18N4O7S/c1-6(11)5-20-12-9(15)8-3-2-7-4-13(8)10(16)14(7)21-22(17,18)19/h6-8H,2-5,11H2,1H3,(H,12,15)(H,17,18,19)/t6-,7+,8-/m0/s1. The quantitative estimate of drug-likeness (QED) is 0.386. The van der Waals surface area contributed by atoms with Crippen LogP contribution in [-0.4, -0.2) is 66.1 Å². The number of urea groups is 1. The minimum atomic E-state index is -4.80. The van der Waals surface area contributed by atoms with E-state index in [4.69, 9.17) is 15.1 Å². The molecule has 126 valence electrons. The highest BCUT2D eigenvalue weighted by atomic mass is 32.3. The van der Waals surface area contributed by atoms with Crippen molar-refractivity contribution in [1.82, 2.24) is 15.4 Å². The van der Waals surface area contributed by atoms with Gasteiger partial charge in [-0.2, -0.15) is 13.5 Å². The number of piperidine rings is 1. The fourth-order valence-corrected chi connectivity index (χ4v) is 2.80. The molecule has 22 heavy (non-hydrogen) atoms. The molecule has 2 rings (SSSR count). The minimum Gasteiger partial charge on any atom is -0.326 e. The molecule has 0 radical (unpaired) electrons. The summed E-state index contributed by atoms with van der Waals surface area (Å²) in [4.78, 5) is 30.2. The highest BCUT2D eigenvalue weighted by Crippen LogP contribution is 2.30. The number of hydroxylamine groups is 3. The maximum absolute atomic E-state index is 12.1. The van der Waals surface area contributed by atoms with Crippen molar-refractivity contribution in [3.63, 3.8) is 0 Å². The Balaban J connectivity index is 1.98. The third-order valence-corrected chi connectivity index (χ3v) is 3.67. The molecule has 0 aliphatic carbocycles. The molecule has 2 bridgehead atoms. The molecular weight excluding hydrogens is 320 g/mol. The monoisotopic (exact) mass is 338 g/mol. The summed E-state index contributed by atoms with van der Waals surface area (Å²) in [5.74, 6) is -0.527. The van der Waals surface area contributed by atoms with E-state index in [1.165, 1.54) is 4.90 Å². The summed E-state index contributed by atoms with van der Waals surface area (Å²) in [6, 6.07) is -2.40. The molecule has 0 saturated carbocycles. The van der Waals surface area contributed by atoms with Crippen LogP contribution in [0.25, 0.3) is 0 Å². The molecule has 3 atom stereocenters. The van der Waals surface area contributed by atoms with Gasteiger partial charge in [0, 0.05) is 12.6 Å². The van der Waals surface area contributed by atoms with Crippen LogP contribution in [-0.2, 0) is 24.3 Å². The van der Waals surface area contributed by atoms with E-state index >= 15 is 0 Å². The normalized spacial score (nSPS) is 26.2. The Labute approximate surface area is 127 Å². The Hall–Kier alpha value is -1.47. The Bertz CT molecular complexity index is 551. The Morgan fingerprint density at radius 3 is 2.82 bits per heavy atom. The zero-order chi connectivity index (χ0) is 16.5. The number of rotatable bonds is 6. The summed E-state index contributed by atoms with van der Waals surface area (Å²) in [5.41, 5.74) is 7.68. The van der Waals surface area contributed by atoms with Crippen LogP contribution >= 0.6 is 0 Å². The van der Waals surface area contributed by atoms with Crippen molar-refractivity contribution >= 4 is 22.3 Å². The van der Waals surface area contributed by atoms with Gasteiger partial charge in [0.25, 0.3) is 5.91 Å². The summed E-state index contributed by atoms with van der Waals surface area (Å²) in [6.45, 7) is 1.94. The van der Waals surface area contributed by atoms with Gasteiger partial charge in [-0.25, -0.2) is 10.3 Å². The lowest BCUT2D eigenvalue weighted by atomic mass is 10.0. The number of fused-ring (bicyclic) bond motifs is 2. The van der Waals surface area contributed by atoms with Crippen LogP contribution in [0.5, 0.6) is 0 Å². The Morgan fingerprint density at radius 1 is 1.55 bits per heavy atom. The number of hydrogen-bond acceptors (Lipinski definition) is 7. The molecule has 2 aliphatic rings. The molecule has 2 heterocycles. The van der Waals surface area contributed by atoms with Crippen molar-refractivity contribution in [1.29, 1.82) is 0 Å². The first kappa shape index (κ1) is 16.9. The van der Waals surface area contributed by atoms with E-state index in [1.54, 1.807) is 6.92 Å². The summed E-state index contributed by atoms with van der Waals surface area (Å²) >= 11 is 0. The minimum absolute atomic E-state index is 0.118. The van der Waals surface area contributed by atoms with Crippen LogP contribution in [0.4, 0.5) is 4.79 Å². The van der Waals surface area contributed by atoms with Crippen molar-refractivity contribution in [2.45, 2.75) is 37.9 Å². The van der Waals surface area contributed by atoms with Crippen molar-refractivity contribution in [2.75, 3.05) is 13.2 Å². The fraction of sp³-hybridized carbons (Fsp3) is 0.800. The smallest absolute Gasteiger partial charge is 0.326 e. The second kappa shape index (κ2) is 6.34. The van der Waals surface area contributed by atoms with Gasteiger partial charge in [-0.05, 0) is 19.8 Å². The molecule has 0 unspecified atom stereocenters. The first-order valence-corrected chi connectivity index (χ1v) is 7.99. The van der Waals surface area contributed by atoms with Gasteiger partial charge < -0.3 is 10.6 Å². The summed E-state index contributed by atoms with van der Waals surface area (Å²) in [7, 11) is -4.80. The van der Waals surface area contributed by atoms with Gasteiger partial charge in [-0.15, -0.1) is 4.28 Å². The van der Waals surface area contributed by atoms with Gasteiger partial charge in [-0.3, -0.25) is 14.2 Å². The number of carbonyl (C=O) groups is 2. The van der Waals surface area contributed by atoms with Gasteiger partial charge in [0.1, 0.15) is 6.04 Å². The molecule has 0 aromatic carbocycles. The van der Waals surface area contributed by atoms with Gasteiger partial charge in [0.05, 0.1) is 12.6 Å². The zero-order valence-corrected chi connectivity index (χ0v) is 12.7. The summed E-state index contributed by atoms with van der Waals surface area (Å²) in [6.07, 6.45) is 0.665. The van der Waals surface area contributed by atoms with E-state index in [0.717, 1.165) is 0 Å². The maximum Gasteiger partial charge on any atom is 0.418 e. The van der Waals surface area contributed by atoms with E-state index < -0.39 is 34.4 Å². The lowest BCUT2D eigenvalue weighted by Crippen LogP contribution is -2.50. The molecule has 2 aliphatic heterocycles. The van der Waals surface area contributed by atoms with Crippen molar-refractivity contribution < 1.29 is 31.7 Å². The van der Waals surface area contributed by atoms with E-state index in [1.807, 2.05) is 0 Å². The molecular formula is C10H18N4O7S. The van der Waals surface area contributed by atoms with Crippen LogP contribution in [0.1, 0.15) is 19.8 Å². The van der Waals surface area contributed by atoms with Crippen LogP contribution in [0.3, 0.4) is 0 Å². The van der Waals surface area contributed by atoms with E-state index in [9.17, 15) is 18.0 Å². The number of nitrogens with zero attached hydrogens (tertiary/aromatic N) is 2. The van der Waals surface area contributed by atoms with Crippen molar-refractivity contribution in [3.8, 4) is 0 Å². The molecule has 2 saturated heterocycles. The maximum atomic E-state index is 12.1. The molecule has 0 aromatic heterocycles. The highest BCUT2D eigenvalue weighted by Gasteiger charge is 2.49. The molecule has 12 heteroatoms. The summed E-state index contributed by atoms with van der Waals surface area (Å²) in [5, 5.41) is 0.575. The predicted molar refractivity (Wildman–Crippen MR) is 71.1 cm³/mol. The second-order valence-electron chi connectivity index (χ2n) is 5.26. The van der Waals surface area contributed by atoms with Crippen LogP contribution < -0.4 is 11.2 Å². The van der Waals surface area contributed by atoms with Gasteiger partial charge in [0.15, 0.2) is 0 Å². The third kappa shape index (κ3) is 3.84. The average molecular weight is 338 g/mol. The second-order valence-corrected chi connectivity index (χ2v) is 6.27. The number of hydrogen-bond donors (Lipinski definition) is 3. The average Bonchev–Trinajstić information content (AvgIpc) is 2.62. The molecule has 2 fully saturated rings. The topological polar surface area (TPSA) is 151 Å². The first-order valence-electron chi connectivity index (χ1n) is 6.63. The summed E-state index contributed by atoms with van der Waals surface area (Å²) < 4.78 is 34.4. The Morgan fingerprint density at radius 2 is 2.23 bits per heavy atom. The number of nitrogens with two attached hydrogens (primary N) is 1. The number of carbonyl (C=O) groups excluding carboxylic acids is 2. The van der Waals surface area contributed by atoms with E-state index in [0.29, 0.717) is 17.9 Å². The van der Waals surface area contributed by atoms with Gasteiger partial charge in [-0.1, -0.05) is 0 Å². The molecule has 0 spiro atoms. The number of nitrogens with one attached hydrogen (secondary N) is 1. The lowest BCUT2D eigenvalue weighted by Gasteiger charge is -2.28. The lowest BCUT2D eigenvalue weighted by molar-refractivity contribution is -0.139.